The topological polar surface area (TPSA) is 46.6 Å². The van der Waals surface area contributed by atoms with E-state index in [1.807, 2.05) is 6.07 Å². The molecule has 0 radical (unpaired) electrons. The van der Waals surface area contributed by atoms with E-state index in [0.29, 0.717) is 5.69 Å². The average Bonchev–Trinajstić information content (AvgIpc) is 2.76. The van der Waals surface area contributed by atoms with Gasteiger partial charge in [-0.25, -0.2) is 4.79 Å². The molecule has 3 rings (SSSR count). The maximum Gasteiger partial charge on any atom is 0.416 e. The fourth-order valence-electron chi connectivity index (χ4n) is 2.86. The second kappa shape index (κ2) is 8.82. The van der Waals surface area contributed by atoms with Crippen LogP contribution in [0.15, 0.2) is 78.9 Å². The van der Waals surface area contributed by atoms with Crippen LogP contribution in [-0.4, -0.2) is 18.9 Å². The molecule has 0 unspecified atom stereocenters. The van der Waals surface area contributed by atoms with Gasteiger partial charge in [-0.1, -0.05) is 42.5 Å². The zero-order valence-electron chi connectivity index (χ0n) is 16.0. The lowest BCUT2D eigenvalue weighted by Gasteiger charge is -2.19. The minimum atomic E-state index is -4.49. The third-order valence-electron chi connectivity index (χ3n) is 4.45. The number of esters is 1. The number of benzene rings is 3. The minimum Gasteiger partial charge on any atom is -0.457 e. The largest absolute Gasteiger partial charge is 0.457 e. The van der Waals surface area contributed by atoms with Crippen LogP contribution in [0.2, 0.25) is 0 Å². The third-order valence-corrected chi connectivity index (χ3v) is 4.45. The van der Waals surface area contributed by atoms with Crippen LogP contribution in [0.3, 0.4) is 0 Å². The van der Waals surface area contributed by atoms with E-state index in [4.69, 9.17) is 4.74 Å². The summed E-state index contributed by atoms with van der Waals surface area (Å²) in [7, 11) is 1.59. The number of hydrogen-bond acceptors (Lipinski definition) is 3. The molecule has 30 heavy (non-hydrogen) atoms. The van der Waals surface area contributed by atoms with Gasteiger partial charge in [-0.15, -0.1) is 0 Å². The highest BCUT2D eigenvalue weighted by Gasteiger charge is 2.30. The molecule has 0 saturated carbocycles. The lowest BCUT2D eigenvalue weighted by atomic mass is 10.1. The van der Waals surface area contributed by atoms with Gasteiger partial charge in [-0.05, 0) is 42.0 Å². The summed E-state index contributed by atoms with van der Waals surface area (Å²) in [5.74, 6) is -1.20. The Labute approximate surface area is 171 Å². The molecule has 154 valence electrons. The number of nitrogens with zero attached hydrogens (tertiary/aromatic N) is 1. The number of para-hydroxylation sites is 1. The molecule has 0 atom stereocenters. The Hall–Kier alpha value is -3.61. The summed E-state index contributed by atoms with van der Waals surface area (Å²) in [6.07, 6.45) is -4.49. The molecule has 0 fully saturated rings. The first-order valence-corrected chi connectivity index (χ1v) is 9.03. The van der Waals surface area contributed by atoms with Crippen LogP contribution in [0.25, 0.3) is 0 Å². The molecule has 0 aliphatic carbocycles. The number of alkyl halides is 3. The van der Waals surface area contributed by atoms with Crippen molar-refractivity contribution in [3.8, 4) is 0 Å². The Morgan fingerprint density at radius 1 is 0.867 bits per heavy atom. The van der Waals surface area contributed by atoms with Gasteiger partial charge in [-0.2, -0.15) is 13.2 Å². The van der Waals surface area contributed by atoms with Gasteiger partial charge in [0, 0.05) is 12.7 Å². The normalized spacial score (nSPS) is 11.1. The number of carbonyl (C=O) groups excluding carboxylic acids is 2. The number of amides is 1. The van der Waals surface area contributed by atoms with Crippen LogP contribution in [0.1, 0.15) is 31.8 Å². The highest BCUT2D eigenvalue weighted by Crippen LogP contribution is 2.29. The molecule has 4 nitrogen and oxygen atoms in total. The van der Waals surface area contributed by atoms with Gasteiger partial charge >= 0.3 is 12.1 Å². The number of carbonyl (C=O) groups is 2. The van der Waals surface area contributed by atoms with Crippen molar-refractivity contribution in [2.45, 2.75) is 12.8 Å². The van der Waals surface area contributed by atoms with Gasteiger partial charge in [0.05, 0.1) is 16.7 Å². The van der Waals surface area contributed by atoms with E-state index in [1.165, 1.54) is 29.2 Å². The number of hydrogen-bond donors (Lipinski definition) is 0. The minimum absolute atomic E-state index is 0.0391. The molecule has 0 aliphatic heterocycles. The van der Waals surface area contributed by atoms with E-state index >= 15 is 0 Å². The third kappa shape index (κ3) is 4.86. The number of ether oxygens (including phenoxy) is 1. The highest BCUT2D eigenvalue weighted by molar-refractivity contribution is 6.11. The molecule has 7 heteroatoms. The SMILES string of the molecule is CN(C(=O)c1ccccc1C(=O)OCc1cccc(C(F)(F)F)c1)c1ccccc1. The highest BCUT2D eigenvalue weighted by atomic mass is 19.4. The Morgan fingerprint density at radius 2 is 1.50 bits per heavy atom. The molecule has 0 aromatic heterocycles. The van der Waals surface area contributed by atoms with E-state index in [2.05, 4.69) is 0 Å². The van der Waals surface area contributed by atoms with Crippen molar-refractivity contribution < 1.29 is 27.5 Å². The maximum atomic E-state index is 12.9. The first-order valence-electron chi connectivity index (χ1n) is 9.03. The number of anilines is 1. The van der Waals surface area contributed by atoms with Crippen LogP contribution in [0.5, 0.6) is 0 Å². The maximum absolute atomic E-state index is 12.9. The second-order valence-electron chi connectivity index (χ2n) is 6.52. The van der Waals surface area contributed by atoms with Crippen LogP contribution in [0, 0.1) is 0 Å². The monoisotopic (exact) mass is 413 g/mol. The summed E-state index contributed by atoms with van der Waals surface area (Å²) in [4.78, 5) is 26.9. The summed E-state index contributed by atoms with van der Waals surface area (Å²) in [6, 6.07) is 19.6. The second-order valence-corrected chi connectivity index (χ2v) is 6.52. The molecular weight excluding hydrogens is 395 g/mol. The summed E-state index contributed by atoms with van der Waals surface area (Å²) >= 11 is 0. The Morgan fingerprint density at radius 3 is 2.17 bits per heavy atom. The summed E-state index contributed by atoms with van der Waals surface area (Å²) in [5, 5.41) is 0. The number of rotatable bonds is 5. The van der Waals surface area contributed by atoms with Gasteiger partial charge in [0.1, 0.15) is 6.61 Å². The van der Waals surface area contributed by atoms with Gasteiger partial charge in [0.25, 0.3) is 5.91 Å². The smallest absolute Gasteiger partial charge is 0.416 e. The molecule has 0 saturated heterocycles. The van der Waals surface area contributed by atoms with Gasteiger partial charge < -0.3 is 9.64 Å². The van der Waals surface area contributed by atoms with Crippen molar-refractivity contribution in [2.24, 2.45) is 0 Å². The van der Waals surface area contributed by atoms with E-state index in [0.717, 1.165) is 12.1 Å². The van der Waals surface area contributed by atoms with Crippen molar-refractivity contribution >= 4 is 17.6 Å². The fourth-order valence-corrected chi connectivity index (χ4v) is 2.86. The standard InChI is InChI=1S/C23H18F3NO3/c1-27(18-10-3-2-4-11-18)21(28)19-12-5-6-13-20(19)22(29)30-15-16-8-7-9-17(14-16)23(24,25)26/h2-14H,15H2,1H3. The molecule has 1 amide bonds. The molecule has 0 aliphatic rings. The van der Waals surface area contributed by atoms with Gasteiger partial charge in [0.15, 0.2) is 0 Å². The van der Waals surface area contributed by atoms with Crippen LogP contribution in [0.4, 0.5) is 18.9 Å². The van der Waals surface area contributed by atoms with Crippen LogP contribution in [-0.2, 0) is 17.5 Å². The van der Waals surface area contributed by atoms with E-state index in [9.17, 15) is 22.8 Å². The van der Waals surface area contributed by atoms with E-state index in [1.54, 1.807) is 43.4 Å². The lowest BCUT2D eigenvalue weighted by molar-refractivity contribution is -0.137. The Kier molecular flexibility index (Phi) is 6.20. The summed E-state index contributed by atoms with van der Waals surface area (Å²) < 4.78 is 43.7. The molecule has 0 bridgehead atoms. The van der Waals surface area contributed by atoms with Crippen molar-refractivity contribution in [2.75, 3.05) is 11.9 Å². The van der Waals surface area contributed by atoms with E-state index < -0.39 is 23.6 Å². The Bertz CT molecular complexity index is 1050. The number of halogens is 3. The zero-order chi connectivity index (χ0) is 21.7. The van der Waals surface area contributed by atoms with Crippen molar-refractivity contribution in [1.82, 2.24) is 0 Å². The fraction of sp³-hybridized carbons (Fsp3) is 0.130. The first kappa shape index (κ1) is 21.1. The van der Waals surface area contributed by atoms with Crippen LogP contribution < -0.4 is 4.90 Å². The van der Waals surface area contributed by atoms with Crippen molar-refractivity contribution in [3.05, 3.63) is 101 Å². The van der Waals surface area contributed by atoms with Gasteiger partial charge in [-0.3, -0.25) is 4.79 Å². The zero-order valence-corrected chi connectivity index (χ0v) is 16.0. The van der Waals surface area contributed by atoms with Crippen LogP contribution >= 0.6 is 0 Å². The molecule has 0 N–H and O–H groups in total. The Balaban J connectivity index is 1.77. The summed E-state index contributed by atoms with van der Waals surface area (Å²) in [6.45, 7) is -0.347. The van der Waals surface area contributed by atoms with E-state index in [-0.39, 0.29) is 23.3 Å². The first-order chi connectivity index (χ1) is 14.3. The predicted octanol–water partition coefficient (Wildman–Crippen LogP) is 5.34. The van der Waals surface area contributed by atoms with Crippen molar-refractivity contribution in [3.63, 3.8) is 0 Å². The van der Waals surface area contributed by atoms with Gasteiger partial charge in [0.2, 0.25) is 0 Å². The molecule has 0 spiro atoms. The molecule has 3 aromatic carbocycles. The molecule has 0 heterocycles. The van der Waals surface area contributed by atoms with Crippen molar-refractivity contribution in [1.29, 1.82) is 0 Å². The quantitative estimate of drug-likeness (QED) is 0.531. The summed E-state index contributed by atoms with van der Waals surface area (Å²) in [5.41, 5.74) is 0.198. The molecular formula is C23H18F3NO3. The lowest BCUT2D eigenvalue weighted by Crippen LogP contribution is -2.28. The predicted molar refractivity (Wildman–Crippen MR) is 106 cm³/mol. The molecule has 3 aromatic rings. The average molecular weight is 413 g/mol.